The van der Waals surface area contributed by atoms with Crippen LogP contribution < -0.4 is 5.73 Å². The normalized spacial score (nSPS) is 20.4. The fourth-order valence-corrected chi connectivity index (χ4v) is 3.07. The number of thiophene rings is 1. The molecule has 19 heavy (non-hydrogen) atoms. The Kier molecular flexibility index (Phi) is 4.21. The molecule has 5 nitrogen and oxygen atoms in total. The summed E-state index contributed by atoms with van der Waals surface area (Å²) in [5.41, 5.74) is 6.00. The first-order valence-corrected chi connectivity index (χ1v) is 7.21. The van der Waals surface area contributed by atoms with Crippen LogP contribution in [-0.4, -0.2) is 48.3 Å². The summed E-state index contributed by atoms with van der Waals surface area (Å²) in [6.45, 7) is 0.613. The van der Waals surface area contributed by atoms with E-state index in [4.69, 9.17) is 5.73 Å². The van der Waals surface area contributed by atoms with Gasteiger partial charge in [0.1, 0.15) is 12.1 Å². The quantitative estimate of drug-likeness (QED) is 0.892. The second-order valence-electron chi connectivity index (χ2n) is 4.92. The van der Waals surface area contributed by atoms with Crippen LogP contribution >= 0.6 is 11.3 Å². The van der Waals surface area contributed by atoms with Gasteiger partial charge >= 0.3 is 0 Å². The third-order valence-corrected chi connectivity index (χ3v) is 4.33. The molecule has 2 N–H and O–H groups in total. The van der Waals surface area contributed by atoms with Crippen LogP contribution in [0.15, 0.2) is 17.5 Å². The smallest absolute Gasteiger partial charge is 0.245 e. The Morgan fingerprint density at radius 2 is 2.26 bits per heavy atom. The summed E-state index contributed by atoms with van der Waals surface area (Å²) >= 11 is 1.47. The Morgan fingerprint density at radius 3 is 2.84 bits per heavy atom. The SMILES string of the molecule is CN(C)C(=O)C1CCCN1C(=O)C(N)c1cccs1. The number of carbonyl (C=O) groups excluding carboxylic acids is 2. The van der Waals surface area contributed by atoms with E-state index >= 15 is 0 Å². The summed E-state index contributed by atoms with van der Waals surface area (Å²) in [6.07, 6.45) is 1.58. The Balaban J connectivity index is 2.12. The van der Waals surface area contributed by atoms with E-state index in [1.54, 1.807) is 19.0 Å². The Labute approximate surface area is 117 Å². The van der Waals surface area contributed by atoms with Crippen LogP contribution in [0.1, 0.15) is 23.8 Å². The van der Waals surface area contributed by atoms with Gasteiger partial charge in [0.25, 0.3) is 0 Å². The van der Waals surface area contributed by atoms with E-state index in [1.807, 2.05) is 17.5 Å². The molecule has 1 aromatic rings. The van der Waals surface area contributed by atoms with E-state index in [0.29, 0.717) is 6.54 Å². The average molecular weight is 281 g/mol. The van der Waals surface area contributed by atoms with E-state index in [-0.39, 0.29) is 17.9 Å². The molecule has 0 spiro atoms. The number of likely N-dealkylation sites (tertiary alicyclic amines) is 1. The van der Waals surface area contributed by atoms with Crippen molar-refractivity contribution in [3.05, 3.63) is 22.4 Å². The zero-order valence-corrected chi connectivity index (χ0v) is 12.0. The summed E-state index contributed by atoms with van der Waals surface area (Å²) in [7, 11) is 3.42. The second kappa shape index (κ2) is 5.71. The number of likely N-dealkylation sites (N-methyl/N-ethyl adjacent to an activating group) is 1. The first-order valence-electron chi connectivity index (χ1n) is 6.33. The highest BCUT2D eigenvalue weighted by molar-refractivity contribution is 7.10. The van der Waals surface area contributed by atoms with E-state index in [9.17, 15) is 9.59 Å². The molecule has 1 saturated heterocycles. The Morgan fingerprint density at radius 1 is 1.53 bits per heavy atom. The minimum atomic E-state index is -0.657. The molecule has 1 aliphatic heterocycles. The predicted molar refractivity (Wildman–Crippen MR) is 74.7 cm³/mol. The molecule has 2 atom stereocenters. The number of nitrogens with two attached hydrogens (primary N) is 1. The zero-order valence-electron chi connectivity index (χ0n) is 11.2. The molecule has 1 aliphatic rings. The van der Waals surface area contributed by atoms with Gasteiger partial charge in [0.15, 0.2) is 0 Å². The fourth-order valence-electron chi connectivity index (χ4n) is 2.35. The fraction of sp³-hybridized carbons (Fsp3) is 0.538. The van der Waals surface area contributed by atoms with Gasteiger partial charge < -0.3 is 15.5 Å². The monoisotopic (exact) mass is 281 g/mol. The molecule has 2 unspecified atom stereocenters. The van der Waals surface area contributed by atoms with Gasteiger partial charge in [0.05, 0.1) is 0 Å². The highest BCUT2D eigenvalue weighted by Crippen LogP contribution is 2.25. The van der Waals surface area contributed by atoms with Gasteiger partial charge in [-0.25, -0.2) is 0 Å². The lowest BCUT2D eigenvalue weighted by Gasteiger charge is -2.28. The molecule has 1 fully saturated rings. The third-order valence-electron chi connectivity index (χ3n) is 3.38. The molecule has 0 saturated carbocycles. The summed E-state index contributed by atoms with van der Waals surface area (Å²) in [6, 6.07) is 2.72. The number of hydrogen-bond acceptors (Lipinski definition) is 4. The maximum atomic E-state index is 12.4. The Bertz CT molecular complexity index is 458. The molecular formula is C13H19N3O2S. The van der Waals surface area contributed by atoms with E-state index in [1.165, 1.54) is 16.2 Å². The van der Waals surface area contributed by atoms with Crippen molar-refractivity contribution in [1.29, 1.82) is 0 Å². The summed E-state index contributed by atoms with van der Waals surface area (Å²) in [5.74, 6) is -0.177. The minimum Gasteiger partial charge on any atom is -0.347 e. The highest BCUT2D eigenvalue weighted by Gasteiger charge is 2.37. The summed E-state index contributed by atoms with van der Waals surface area (Å²) in [5, 5.41) is 1.90. The summed E-state index contributed by atoms with van der Waals surface area (Å²) in [4.78, 5) is 28.5. The van der Waals surface area contributed by atoms with Crippen molar-refractivity contribution in [3.8, 4) is 0 Å². The van der Waals surface area contributed by atoms with Gasteiger partial charge in [0, 0.05) is 25.5 Å². The summed E-state index contributed by atoms with van der Waals surface area (Å²) < 4.78 is 0. The lowest BCUT2D eigenvalue weighted by atomic mass is 10.1. The number of amides is 2. The topological polar surface area (TPSA) is 66.6 Å². The van der Waals surface area contributed by atoms with Crippen molar-refractivity contribution in [3.63, 3.8) is 0 Å². The van der Waals surface area contributed by atoms with Crippen LogP contribution in [0.5, 0.6) is 0 Å². The standard InChI is InChI=1S/C13H19N3O2S/c1-15(2)12(17)9-5-3-7-16(9)13(18)11(14)10-6-4-8-19-10/h4,6,8-9,11H,3,5,7,14H2,1-2H3. The molecule has 2 amide bonds. The van der Waals surface area contributed by atoms with Crippen LogP contribution in [0.3, 0.4) is 0 Å². The average Bonchev–Trinajstić information content (AvgIpc) is 3.06. The highest BCUT2D eigenvalue weighted by atomic mass is 32.1. The van der Waals surface area contributed by atoms with Crippen LogP contribution in [0.4, 0.5) is 0 Å². The first kappa shape index (κ1) is 14.0. The number of nitrogens with zero attached hydrogens (tertiary/aromatic N) is 2. The van der Waals surface area contributed by atoms with Crippen LogP contribution in [0, 0.1) is 0 Å². The maximum absolute atomic E-state index is 12.4. The molecule has 0 bridgehead atoms. The first-order chi connectivity index (χ1) is 9.02. The van der Waals surface area contributed by atoms with Crippen LogP contribution in [-0.2, 0) is 9.59 Å². The molecule has 2 heterocycles. The van der Waals surface area contributed by atoms with Gasteiger partial charge in [-0.3, -0.25) is 9.59 Å². The lowest BCUT2D eigenvalue weighted by Crippen LogP contribution is -2.48. The van der Waals surface area contributed by atoms with Crippen molar-refractivity contribution in [2.75, 3.05) is 20.6 Å². The molecule has 2 rings (SSSR count). The van der Waals surface area contributed by atoms with E-state index in [0.717, 1.165) is 17.7 Å². The number of rotatable bonds is 3. The van der Waals surface area contributed by atoms with Crippen molar-refractivity contribution in [1.82, 2.24) is 9.80 Å². The van der Waals surface area contributed by atoms with Gasteiger partial charge in [-0.05, 0) is 24.3 Å². The van der Waals surface area contributed by atoms with Gasteiger partial charge in [-0.15, -0.1) is 11.3 Å². The maximum Gasteiger partial charge on any atom is 0.245 e. The van der Waals surface area contributed by atoms with Gasteiger partial charge in [0.2, 0.25) is 11.8 Å². The zero-order chi connectivity index (χ0) is 14.0. The van der Waals surface area contributed by atoms with E-state index in [2.05, 4.69) is 0 Å². The molecule has 0 aliphatic carbocycles. The van der Waals surface area contributed by atoms with Crippen molar-refractivity contribution in [2.24, 2.45) is 5.73 Å². The van der Waals surface area contributed by atoms with Crippen LogP contribution in [0.25, 0.3) is 0 Å². The minimum absolute atomic E-state index is 0.0239. The molecule has 1 aromatic heterocycles. The van der Waals surface area contributed by atoms with E-state index < -0.39 is 6.04 Å². The molecule has 6 heteroatoms. The van der Waals surface area contributed by atoms with Crippen molar-refractivity contribution < 1.29 is 9.59 Å². The molecule has 104 valence electrons. The number of carbonyl (C=O) groups is 2. The largest absolute Gasteiger partial charge is 0.347 e. The van der Waals surface area contributed by atoms with Crippen molar-refractivity contribution >= 4 is 23.2 Å². The molecule has 0 radical (unpaired) electrons. The van der Waals surface area contributed by atoms with Gasteiger partial charge in [-0.2, -0.15) is 0 Å². The third kappa shape index (κ3) is 2.79. The predicted octanol–water partition coefficient (Wildman–Crippen LogP) is 0.827. The van der Waals surface area contributed by atoms with Gasteiger partial charge in [-0.1, -0.05) is 6.07 Å². The molecule has 0 aromatic carbocycles. The van der Waals surface area contributed by atoms with Crippen LogP contribution in [0.2, 0.25) is 0 Å². The number of hydrogen-bond donors (Lipinski definition) is 1. The second-order valence-corrected chi connectivity index (χ2v) is 5.89. The lowest BCUT2D eigenvalue weighted by molar-refractivity contribution is -0.143. The molecular weight excluding hydrogens is 262 g/mol. The van der Waals surface area contributed by atoms with Crippen molar-refractivity contribution in [2.45, 2.75) is 24.9 Å². The Hall–Kier alpha value is -1.40.